The van der Waals surface area contributed by atoms with Crippen LogP contribution in [-0.2, 0) is 27.3 Å². The monoisotopic (exact) mass is 480 g/mol. The molecule has 0 amide bonds. The van der Waals surface area contributed by atoms with Gasteiger partial charge in [0.15, 0.2) is 12.4 Å². The van der Waals surface area contributed by atoms with Crippen molar-refractivity contribution in [3.8, 4) is 11.3 Å². The lowest BCUT2D eigenvalue weighted by Crippen LogP contribution is -2.11. The maximum atomic E-state index is 12.6. The summed E-state index contributed by atoms with van der Waals surface area (Å²) >= 11 is 1.46. The van der Waals surface area contributed by atoms with E-state index in [4.69, 9.17) is 19.6 Å². The molecular weight excluding hydrogens is 456 g/mol. The predicted molar refractivity (Wildman–Crippen MR) is 127 cm³/mol. The first-order valence-electron chi connectivity index (χ1n) is 10.7. The molecule has 2 N–H and O–H groups in total. The predicted octanol–water partition coefficient (Wildman–Crippen LogP) is 4.32. The lowest BCUT2D eigenvalue weighted by atomic mass is 10.1. The highest BCUT2D eigenvalue weighted by Crippen LogP contribution is 2.30. The summed E-state index contributed by atoms with van der Waals surface area (Å²) in [5.41, 5.74) is 9.27. The smallest absolute Gasteiger partial charge is 0.342 e. The number of anilines is 1. The van der Waals surface area contributed by atoms with Crippen LogP contribution in [0.2, 0.25) is 0 Å². The largest absolute Gasteiger partial charge is 0.462 e. The average molecular weight is 481 g/mol. The Morgan fingerprint density at radius 1 is 1.06 bits per heavy atom. The summed E-state index contributed by atoms with van der Waals surface area (Å²) in [6, 6.07) is 7.99. The highest BCUT2D eigenvalue weighted by atomic mass is 32.1. The number of hydrogen-bond acceptors (Lipinski definition) is 10. The van der Waals surface area contributed by atoms with Crippen LogP contribution < -0.4 is 5.73 Å². The number of aryl methyl sites for hydroxylation is 3. The van der Waals surface area contributed by atoms with Gasteiger partial charge in [-0.1, -0.05) is 29.8 Å². The van der Waals surface area contributed by atoms with Gasteiger partial charge in [0.2, 0.25) is 5.71 Å². The summed E-state index contributed by atoms with van der Waals surface area (Å²) in [6.07, 6.45) is 0.0688. The maximum absolute atomic E-state index is 12.6. The third kappa shape index (κ3) is 4.76. The molecule has 34 heavy (non-hydrogen) atoms. The number of ether oxygens (including phenoxy) is 2. The van der Waals surface area contributed by atoms with Crippen molar-refractivity contribution in [1.29, 1.82) is 0 Å². The van der Waals surface area contributed by atoms with Crippen molar-refractivity contribution in [2.45, 2.75) is 40.7 Å². The fraction of sp³-hybridized carbons (Fsp3) is 0.292. The van der Waals surface area contributed by atoms with Gasteiger partial charge in [-0.3, -0.25) is 4.79 Å². The number of hydrogen-bond donors (Lipinski definition) is 1. The van der Waals surface area contributed by atoms with Crippen molar-refractivity contribution >= 4 is 40.2 Å². The minimum Gasteiger partial charge on any atom is -0.462 e. The summed E-state index contributed by atoms with van der Waals surface area (Å²) in [5.74, 6) is -0.454. The fourth-order valence-electron chi connectivity index (χ4n) is 3.55. The Hall–Kier alpha value is -3.79. The average Bonchev–Trinajstić information content (AvgIpc) is 3.32. The molecule has 1 aromatic carbocycles. The van der Waals surface area contributed by atoms with Crippen molar-refractivity contribution < 1.29 is 23.5 Å². The molecule has 4 rings (SSSR count). The van der Waals surface area contributed by atoms with Gasteiger partial charge in [-0.2, -0.15) is 4.98 Å². The van der Waals surface area contributed by atoms with E-state index in [0.29, 0.717) is 5.76 Å². The number of furan rings is 1. The Morgan fingerprint density at radius 3 is 2.50 bits per heavy atom. The van der Waals surface area contributed by atoms with Gasteiger partial charge in [0.25, 0.3) is 0 Å². The van der Waals surface area contributed by atoms with Gasteiger partial charge in [0.05, 0.1) is 29.1 Å². The molecule has 0 aliphatic rings. The number of thiazole rings is 1. The first kappa shape index (κ1) is 23.4. The van der Waals surface area contributed by atoms with Gasteiger partial charge in [0, 0.05) is 10.4 Å². The number of benzene rings is 1. The van der Waals surface area contributed by atoms with E-state index in [0.717, 1.165) is 26.7 Å². The molecular formula is C24H24N4O5S. The van der Waals surface area contributed by atoms with Crippen molar-refractivity contribution in [3.05, 3.63) is 56.9 Å². The van der Waals surface area contributed by atoms with E-state index in [-0.39, 0.29) is 47.9 Å². The first-order valence-corrected chi connectivity index (χ1v) is 11.5. The third-order valence-corrected chi connectivity index (χ3v) is 6.05. The molecule has 0 unspecified atom stereocenters. The second kappa shape index (κ2) is 9.60. The van der Waals surface area contributed by atoms with E-state index in [1.54, 1.807) is 13.8 Å². The molecule has 176 valence electrons. The molecule has 0 spiro atoms. The summed E-state index contributed by atoms with van der Waals surface area (Å²) in [4.78, 5) is 38.7. The van der Waals surface area contributed by atoms with E-state index in [1.165, 1.54) is 11.3 Å². The van der Waals surface area contributed by atoms with E-state index in [2.05, 4.69) is 15.0 Å². The standard InChI is InChI=1S/C24H24N4O5S/c1-5-31-24(30)19-13(3)33-23-20(19)22(25)27-17(28-23)11-32-18(29)10-16-21(26-14(4)34-16)15-8-6-12(2)7-9-15/h6-9H,5,10-11H2,1-4H3,(H2,25,27,28). The number of carbonyl (C=O) groups is 2. The van der Waals surface area contributed by atoms with E-state index >= 15 is 0 Å². The van der Waals surface area contributed by atoms with Crippen molar-refractivity contribution in [2.75, 3.05) is 12.3 Å². The van der Waals surface area contributed by atoms with Crippen LogP contribution in [0.5, 0.6) is 0 Å². The number of nitrogen functional groups attached to an aromatic ring is 1. The second-order valence-corrected chi connectivity index (χ2v) is 8.95. The van der Waals surface area contributed by atoms with Gasteiger partial charge >= 0.3 is 11.9 Å². The highest BCUT2D eigenvalue weighted by molar-refractivity contribution is 7.12. The van der Waals surface area contributed by atoms with Crippen LogP contribution in [0.4, 0.5) is 5.82 Å². The molecule has 0 saturated carbocycles. The topological polar surface area (TPSA) is 130 Å². The Balaban J connectivity index is 1.49. The lowest BCUT2D eigenvalue weighted by molar-refractivity contribution is -0.144. The minimum absolute atomic E-state index is 0.0516. The highest BCUT2D eigenvalue weighted by Gasteiger charge is 2.24. The molecule has 0 aliphatic heterocycles. The molecule has 0 saturated heterocycles. The van der Waals surface area contributed by atoms with Crippen molar-refractivity contribution in [2.24, 2.45) is 0 Å². The van der Waals surface area contributed by atoms with Crippen LogP contribution in [0.15, 0.2) is 28.7 Å². The van der Waals surface area contributed by atoms with Crippen molar-refractivity contribution in [1.82, 2.24) is 15.0 Å². The Morgan fingerprint density at radius 2 is 1.79 bits per heavy atom. The summed E-state index contributed by atoms with van der Waals surface area (Å²) in [6.45, 7) is 7.27. The van der Waals surface area contributed by atoms with Gasteiger partial charge in [0.1, 0.15) is 17.1 Å². The Bertz CT molecular complexity index is 1370. The molecule has 0 aliphatic carbocycles. The summed E-state index contributed by atoms with van der Waals surface area (Å²) in [5, 5.41) is 1.15. The number of fused-ring (bicyclic) bond motifs is 1. The molecule has 0 atom stereocenters. The number of rotatable bonds is 7. The lowest BCUT2D eigenvalue weighted by Gasteiger charge is -2.06. The van der Waals surface area contributed by atoms with Crippen LogP contribution in [-0.4, -0.2) is 33.5 Å². The summed E-state index contributed by atoms with van der Waals surface area (Å²) < 4.78 is 16.1. The summed E-state index contributed by atoms with van der Waals surface area (Å²) in [7, 11) is 0. The van der Waals surface area contributed by atoms with E-state index in [1.807, 2.05) is 38.1 Å². The fourth-order valence-corrected chi connectivity index (χ4v) is 4.49. The Kier molecular flexibility index (Phi) is 6.60. The number of nitrogens with two attached hydrogens (primary N) is 1. The van der Waals surface area contributed by atoms with Crippen molar-refractivity contribution in [3.63, 3.8) is 0 Å². The SMILES string of the molecule is CCOC(=O)c1c(C)oc2nc(COC(=O)Cc3sc(C)nc3-c3ccc(C)cc3)nc(N)c12. The molecule has 3 heterocycles. The zero-order chi connectivity index (χ0) is 24.4. The number of carbonyl (C=O) groups excluding carboxylic acids is 2. The number of esters is 2. The molecule has 9 nitrogen and oxygen atoms in total. The molecule has 0 bridgehead atoms. The molecule has 0 radical (unpaired) electrons. The molecule has 3 aromatic heterocycles. The number of aromatic nitrogens is 3. The zero-order valence-corrected chi connectivity index (χ0v) is 20.1. The van der Waals surface area contributed by atoms with Gasteiger partial charge in [-0.15, -0.1) is 11.3 Å². The van der Waals surface area contributed by atoms with E-state index < -0.39 is 11.9 Å². The quantitative estimate of drug-likeness (QED) is 0.384. The van der Waals surface area contributed by atoms with Crippen LogP contribution in [0.1, 0.15) is 44.3 Å². The Labute approximate surface area is 199 Å². The minimum atomic E-state index is -0.558. The van der Waals surface area contributed by atoms with Crippen LogP contribution in [0.3, 0.4) is 0 Å². The first-order chi connectivity index (χ1) is 16.3. The molecule has 4 aromatic rings. The number of nitrogens with zero attached hydrogens (tertiary/aromatic N) is 3. The molecule has 10 heteroatoms. The van der Waals surface area contributed by atoms with Crippen LogP contribution >= 0.6 is 11.3 Å². The zero-order valence-electron chi connectivity index (χ0n) is 19.3. The molecule has 0 fully saturated rings. The van der Waals surface area contributed by atoms with E-state index in [9.17, 15) is 9.59 Å². The van der Waals surface area contributed by atoms with Gasteiger partial charge in [-0.25, -0.2) is 14.8 Å². The van der Waals surface area contributed by atoms with Gasteiger partial charge in [-0.05, 0) is 27.7 Å². The van der Waals surface area contributed by atoms with Crippen LogP contribution in [0, 0.1) is 20.8 Å². The second-order valence-electron chi connectivity index (χ2n) is 7.67. The maximum Gasteiger partial charge on any atom is 0.342 e. The third-order valence-electron chi connectivity index (χ3n) is 5.08. The van der Waals surface area contributed by atoms with Gasteiger partial charge < -0.3 is 19.6 Å². The van der Waals surface area contributed by atoms with Crippen LogP contribution in [0.25, 0.3) is 22.4 Å². The normalized spacial score (nSPS) is 11.1.